The Morgan fingerprint density at radius 3 is 2.57 bits per heavy atom. The Morgan fingerprint density at radius 2 is 1.83 bits per heavy atom. The van der Waals surface area contributed by atoms with Crippen molar-refractivity contribution in [1.82, 2.24) is 19.8 Å². The van der Waals surface area contributed by atoms with Crippen LogP contribution in [0.15, 0.2) is 48.9 Å². The van der Waals surface area contributed by atoms with Crippen LogP contribution in [0.5, 0.6) is 0 Å². The molecule has 1 unspecified atom stereocenters. The molecule has 3 heterocycles. The molecule has 158 valence electrons. The first-order valence-electron chi connectivity index (χ1n) is 10.6. The minimum Gasteiger partial charge on any atom is -0.355 e. The Morgan fingerprint density at radius 1 is 1.03 bits per heavy atom. The van der Waals surface area contributed by atoms with Gasteiger partial charge in [-0.1, -0.05) is 18.2 Å². The molecule has 1 atom stereocenters. The predicted octanol–water partition coefficient (Wildman–Crippen LogP) is 1.48. The molecule has 8 nitrogen and oxygen atoms in total. The minimum atomic E-state index is -0.0205. The van der Waals surface area contributed by atoms with Crippen LogP contribution in [-0.4, -0.2) is 77.4 Å². The molecule has 0 spiro atoms. The van der Waals surface area contributed by atoms with E-state index in [4.69, 9.17) is 0 Å². The van der Waals surface area contributed by atoms with Crippen LogP contribution >= 0.6 is 0 Å². The normalized spacial score (nSPS) is 20.1. The molecule has 1 aromatic carbocycles. The zero-order valence-corrected chi connectivity index (χ0v) is 17.1. The summed E-state index contributed by atoms with van der Waals surface area (Å²) in [6.07, 6.45) is 7.00. The molecule has 0 saturated carbocycles. The van der Waals surface area contributed by atoms with Gasteiger partial charge in [-0.15, -0.1) is 0 Å². The molecule has 2 aliphatic heterocycles. The molecule has 4 rings (SSSR count). The van der Waals surface area contributed by atoms with Crippen molar-refractivity contribution in [2.24, 2.45) is 5.92 Å². The monoisotopic (exact) mass is 408 g/mol. The summed E-state index contributed by atoms with van der Waals surface area (Å²) >= 11 is 0. The minimum absolute atomic E-state index is 0.00585. The van der Waals surface area contributed by atoms with Gasteiger partial charge in [0.05, 0.1) is 18.7 Å². The fourth-order valence-electron chi connectivity index (χ4n) is 4.15. The lowest BCUT2D eigenvalue weighted by atomic mass is 9.96. The van der Waals surface area contributed by atoms with E-state index >= 15 is 0 Å². The highest BCUT2D eigenvalue weighted by molar-refractivity contribution is 5.92. The molecule has 30 heavy (non-hydrogen) atoms. The van der Waals surface area contributed by atoms with Gasteiger partial charge in [-0.25, -0.2) is 4.98 Å². The molecule has 0 aliphatic carbocycles. The van der Waals surface area contributed by atoms with Crippen molar-refractivity contribution < 1.29 is 9.59 Å². The summed E-state index contributed by atoms with van der Waals surface area (Å²) in [7, 11) is 0. The van der Waals surface area contributed by atoms with Crippen molar-refractivity contribution in [2.45, 2.75) is 12.8 Å². The van der Waals surface area contributed by atoms with Crippen molar-refractivity contribution in [3.8, 4) is 0 Å². The van der Waals surface area contributed by atoms with Crippen molar-refractivity contribution in [1.29, 1.82) is 0 Å². The summed E-state index contributed by atoms with van der Waals surface area (Å²) in [6.45, 7) is 4.71. The van der Waals surface area contributed by atoms with E-state index in [0.29, 0.717) is 39.3 Å². The molecular formula is C22H28N6O2. The van der Waals surface area contributed by atoms with Gasteiger partial charge in [-0.3, -0.25) is 19.5 Å². The van der Waals surface area contributed by atoms with Gasteiger partial charge < -0.3 is 15.1 Å². The van der Waals surface area contributed by atoms with Gasteiger partial charge in [0.2, 0.25) is 11.8 Å². The Bertz CT molecular complexity index is 839. The highest BCUT2D eigenvalue weighted by Gasteiger charge is 2.31. The fraction of sp³-hybridized carbons (Fsp3) is 0.455. The molecule has 2 amide bonds. The number of carbonyl (C=O) groups excluding carboxylic acids is 2. The number of anilines is 2. The molecule has 2 saturated heterocycles. The standard InChI is InChI=1S/C22H28N6O2/c29-21(25-19-6-2-1-3-7-19)17-26-11-13-27(14-12-26)22(30)18-5-4-10-28(16-18)20-15-23-8-9-24-20/h1-3,6-9,15,18H,4-5,10-14,16-17H2,(H,25,29). The van der Waals surface area contributed by atoms with Crippen molar-refractivity contribution in [3.63, 3.8) is 0 Å². The average molecular weight is 409 g/mol. The number of benzene rings is 1. The average Bonchev–Trinajstić information content (AvgIpc) is 2.80. The number of aromatic nitrogens is 2. The molecule has 0 bridgehead atoms. The number of nitrogens with one attached hydrogen (secondary N) is 1. The Labute approximate surface area is 176 Å². The Hall–Kier alpha value is -3.00. The quantitative estimate of drug-likeness (QED) is 0.807. The molecule has 2 fully saturated rings. The van der Waals surface area contributed by atoms with Gasteiger partial charge >= 0.3 is 0 Å². The number of piperidine rings is 1. The Balaban J connectivity index is 1.24. The third kappa shape index (κ3) is 5.13. The van der Waals surface area contributed by atoms with Gasteiger partial charge in [0, 0.05) is 57.3 Å². The second-order valence-corrected chi connectivity index (χ2v) is 7.86. The van der Waals surface area contributed by atoms with Crippen molar-refractivity contribution >= 4 is 23.3 Å². The zero-order valence-electron chi connectivity index (χ0n) is 17.1. The van der Waals surface area contributed by atoms with Crippen molar-refractivity contribution in [2.75, 3.05) is 56.0 Å². The van der Waals surface area contributed by atoms with Crippen LogP contribution in [0.4, 0.5) is 11.5 Å². The lowest BCUT2D eigenvalue weighted by Crippen LogP contribution is -2.53. The second kappa shape index (κ2) is 9.67. The maximum absolute atomic E-state index is 13.1. The van der Waals surface area contributed by atoms with E-state index in [1.54, 1.807) is 18.6 Å². The lowest BCUT2D eigenvalue weighted by molar-refractivity contribution is -0.137. The van der Waals surface area contributed by atoms with Gasteiger partial charge in [0.1, 0.15) is 5.82 Å². The number of rotatable bonds is 5. The summed E-state index contributed by atoms with van der Waals surface area (Å²) in [5, 5.41) is 2.92. The summed E-state index contributed by atoms with van der Waals surface area (Å²) in [5.41, 5.74) is 0.807. The van der Waals surface area contributed by atoms with E-state index in [9.17, 15) is 9.59 Å². The van der Waals surface area contributed by atoms with Gasteiger partial charge in [-0.2, -0.15) is 0 Å². The van der Waals surface area contributed by atoms with Crippen LogP contribution in [0.3, 0.4) is 0 Å². The first-order chi connectivity index (χ1) is 14.7. The molecule has 8 heteroatoms. The first-order valence-corrected chi connectivity index (χ1v) is 10.6. The van der Waals surface area contributed by atoms with Gasteiger partial charge in [0.15, 0.2) is 0 Å². The number of carbonyl (C=O) groups is 2. The largest absolute Gasteiger partial charge is 0.355 e. The lowest BCUT2D eigenvalue weighted by Gasteiger charge is -2.39. The van der Waals surface area contributed by atoms with E-state index in [-0.39, 0.29) is 17.7 Å². The summed E-state index contributed by atoms with van der Waals surface area (Å²) in [5.74, 6) is 1.03. The van der Waals surface area contributed by atoms with Crippen LogP contribution in [-0.2, 0) is 9.59 Å². The molecule has 2 aliphatic rings. The van der Waals surface area contributed by atoms with Crippen LogP contribution in [0.1, 0.15) is 12.8 Å². The molecule has 1 aromatic heterocycles. The number of amides is 2. The third-order valence-electron chi connectivity index (χ3n) is 5.75. The number of para-hydroxylation sites is 1. The highest BCUT2D eigenvalue weighted by Crippen LogP contribution is 2.23. The maximum atomic E-state index is 13.1. The maximum Gasteiger partial charge on any atom is 0.238 e. The molecule has 2 aromatic rings. The van der Waals surface area contributed by atoms with Crippen LogP contribution < -0.4 is 10.2 Å². The van der Waals surface area contributed by atoms with E-state index < -0.39 is 0 Å². The van der Waals surface area contributed by atoms with Gasteiger partial charge in [-0.05, 0) is 25.0 Å². The first kappa shape index (κ1) is 20.3. The smallest absolute Gasteiger partial charge is 0.238 e. The van der Waals surface area contributed by atoms with E-state index in [1.807, 2.05) is 35.2 Å². The van der Waals surface area contributed by atoms with Crippen LogP contribution in [0, 0.1) is 5.92 Å². The van der Waals surface area contributed by atoms with E-state index in [0.717, 1.165) is 30.9 Å². The highest BCUT2D eigenvalue weighted by atomic mass is 16.2. The van der Waals surface area contributed by atoms with E-state index in [2.05, 4.69) is 25.1 Å². The summed E-state index contributed by atoms with van der Waals surface area (Å²) in [4.78, 5) is 40.1. The number of hydrogen-bond acceptors (Lipinski definition) is 6. The SMILES string of the molecule is O=C(CN1CCN(C(=O)C2CCCN(c3cnccn3)C2)CC1)Nc1ccccc1. The van der Waals surface area contributed by atoms with E-state index in [1.165, 1.54) is 0 Å². The number of nitrogens with zero attached hydrogens (tertiary/aromatic N) is 5. The second-order valence-electron chi connectivity index (χ2n) is 7.86. The van der Waals surface area contributed by atoms with Crippen LogP contribution in [0.2, 0.25) is 0 Å². The fourth-order valence-corrected chi connectivity index (χ4v) is 4.15. The van der Waals surface area contributed by atoms with Crippen molar-refractivity contribution in [3.05, 3.63) is 48.9 Å². The number of hydrogen-bond donors (Lipinski definition) is 1. The Kier molecular flexibility index (Phi) is 6.53. The molecule has 1 N–H and O–H groups in total. The third-order valence-corrected chi connectivity index (χ3v) is 5.75. The van der Waals surface area contributed by atoms with Crippen LogP contribution in [0.25, 0.3) is 0 Å². The zero-order chi connectivity index (χ0) is 20.8. The topological polar surface area (TPSA) is 81.7 Å². The summed E-state index contributed by atoms with van der Waals surface area (Å²) < 4.78 is 0. The van der Waals surface area contributed by atoms with Gasteiger partial charge in [0.25, 0.3) is 0 Å². The predicted molar refractivity (Wildman–Crippen MR) is 115 cm³/mol. The number of piperazine rings is 1. The molecule has 0 radical (unpaired) electrons. The molecular weight excluding hydrogens is 380 g/mol. The summed E-state index contributed by atoms with van der Waals surface area (Å²) in [6, 6.07) is 9.48.